The first-order valence-electron chi connectivity index (χ1n) is 13.3. The van der Waals surface area contributed by atoms with Crippen LogP contribution in [0.3, 0.4) is 0 Å². The van der Waals surface area contributed by atoms with Crippen molar-refractivity contribution in [3.05, 3.63) is 94.5 Å². The van der Waals surface area contributed by atoms with Crippen molar-refractivity contribution in [2.75, 3.05) is 17.4 Å². The smallest absolute Gasteiger partial charge is 0.264 e. The Labute approximate surface area is 246 Å². The number of anilines is 1. The standard InChI is InChI=1S/C30H33Cl2N3O4S/c1-22(30(37)33-26-11-5-6-12-26)34(19-18-23-8-3-2-4-9-23)29(36)21-35(27-13-7-10-25(32)20-27)40(38,39)28-16-14-24(31)15-17-28/h2-4,7-10,13-17,20,22,26H,5-6,11-12,18-19,21H2,1H3,(H,33,37)/t22-/m1/s1. The molecule has 1 aliphatic carbocycles. The van der Waals surface area contributed by atoms with Crippen molar-refractivity contribution in [1.82, 2.24) is 10.2 Å². The molecule has 0 radical (unpaired) electrons. The van der Waals surface area contributed by atoms with Crippen LogP contribution < -0.4 is 9.62 Å². The molecule has 212 valence electrons. The fraction of sp³-hybridized carbons (Fsp3) is 0.333. The van der Waals surface area contributed by atoms with Gasteiger partial charge in [-0.2, -0.15) is 0 Å². The zero-order valence-electron chi connectivity index (χ0n) is 22.3. The number of nitrogens with one attached hydrogen (secondary N) is 1. The summed E-state index contributed by atoms with van der Waals surface area (Å²) >= 11 is 12.2. The number of carbonyl (C=O) groups is 2. The average molecular weight is 603 g/mol. The molecule has 0 bridgehead atoms. The molecule has 1 fully saturated rings. The van der Waals surface area contributed by atoms with Crippen molar-refractivity contribution in [3.63, 3.8) is 0 Å². The number of halogens is 2. The van der Waals surface area contributed by atoms with Crippen LogP contribution in [-0.2, 0) is 26.0 Å². The van der Waals surface area contributed by atoms with E-state index in [-0.39, 0.29) is 29.1 Å². The molecule has 10 heteroatoms. The van der Waals surface area contributed by atoms with Crippen LogP contribution >= 0.6 is 23.2 Å². The van der Waals surface area contributed by atoms with Crippen molar-refractivity contribution >= 4 is 50.7 Å². The van der Waals surface area contributed by atoms with Crippen LogP contribution in [0.2, 0.25) is 10.0 Å². The number of amides is 2. The molecule has 1 N–H and O–H groups in total. The molecule has 0 heterocycles. The van der Waals surface area contributed by atoms with Gasteiger partial charge in [0.2, 0.25) is 11.8 Å². The molecule has 3 aromatic carbocycles. The molecule has 40 heavy (non-hydrogen) atoms. The Hall–Kier alpha value is -3.07. The van der Waals surface area contributed by atoms with Crippen LogP contribution in [-0.4, -0.2) is 50.3 Å². The molecule has 1 aliphatic rings. The lowest BCUT2D eigenvalue weighted by Crippen LogP contribution is -2.53. The number of benzene rings is 3. The van der Waals surface area contributed by atoms with Gasteiger partial charge in [0.1, 0.15) is 12.6 Å². The van der Waals surface area contributed by atoms with E-state index in [2.05, 4.69) is 5.32 Å². The Balaban J connectivity index is 1.64. The van der Waals surface area contributed by atoms with Crippen LogP contribution in [0.25, 0.3) is 0 Å². The van der Waals surface area contributed by atoms with Crippen LogP contribution in [0.15, 0.2) is 83.8 Å². The second-order valence-corrected chi connectivity index (χ2v) is 12.7. The van der Waals surface area contributed by atoms with Crippen LogP contribution in [0.4, 0.5) is 5.69 Å². The Kier molecular flexibility index (Phi) is 10.1. The van der Waals surface area contributed by atoms with Gasteiger partial charge in [-0.25, -0.2) is 8.42 Å². The lowest BCUT2D eigenvalue weighted by molar-refractivity contribution is -0.139. The topological polar surface area (TPSA) is 86.8 Å². The molecule has 1 saturated carbocycles. The summed E-state index contributed by atoms with van der Waals surface area (Å²) in [5, 5.41) is 3.78. The van der Waals surface area contributed by atoms with Gasteiger partial charge in [-0.1, -0.05) is 72.4 Å². The minimum absolute atomic E-state index is 0.0208. The number of rotatable bonds is 11. The first kappa shape index (κ1) is 29.9. The molecule has 0 aliphatic heterocycles. The first-order valence-corrected chi connectivity index (χ1v) is 15.5. The number of hydrogen-bond donors (Lipinski definition) is 1. The molecule has 0 saturated heterocycles. The van der Waals surface area contributed by atoms with Gasteiger partial charge in [0.25, 0.3) is 10.0 Å². The van der Waals surface area contributed by atoms with E-state index in [4.69, 9.17) is 23.2 Å². The van der Waals surface area contributed by atoms with Crippen LogP contribution in [0.1, 0.15) is 38.2 Å². The predicted octanol–water partition coefficient (Wildman–Crippen LogP) is 5.71. The maximum atomic E-state index is 13.9. The minimum Gasteiger partial charge on any atom is -0.352 e. The Morgan fingerprint density at radius 1 is 0.925 bits per heavy atom. The molecule has 3 aromatic rings. The molecular weight excluding hydrogens is 569 g/mol. The summed E-state index contributed by atoms with van der Waals surface area (Å²) in [6.07, 6.45) is 4.46. The second-order valence-electron chi connectivity index (χ2n) is 9.93. The van der Waals surface area contributed by atoms with Gasteiger partial charge in [-0.05, 0) is 74.2 Å². The van der Waals surface area contributed by atoms with E-state index in [1.165, 1.54) is 35.2 Å². The highest BCUT2D eigenvalue weighted by atomic mass is 35.5. The van der Waals surface area contributed by atoms with Crippen molar-refractivity contribution in [1.29, 1.82) is 0 Å². The zero-order valence-corrected chi connectivity index (χ0v) is 24.6. The van der Waals surface area contributed by atoms with E-state index in [9.17, 15) is 18.0 Å². The van der Waals surface area contributed by atoms with Gasteiger partial charge in [0.15, 0.2) is 0 Å². The predicted molar refractivity (Wildman–Crippen MR) is 159 cm³/mol. The van der Waals surface area contributed by atoms with E-state index >= 15 is 0 Å². The highest BCUT2D eigenvalue weighted by Gasteiger charge is 2.33. The Bertz CT molecular complexity index is 1410. The third kappa shape index (κ3) is 7.56. The summed E-state index contributed by atoms with van der Waals surface area (Å²) in [6.45, 7) is 1.41. The summed E-state index contributed by atoms with van der Waals surface area (Å²) in [4.78, 5) is 28.6. The van der Waals surface area contributed by atoms with Gasteiger partial charge in [0, 0.05) is 22.6 Å². The van der Waals surface area contributed by atoms with Gasteiger partial charge in [0.05, 0.1) is 10.6 Å². The zero-order chi connectivity index (χ0) is 28.7. The molecule has 4 rings (SSSR count). The molecule has 0 spiro atoms. The number of nitrogens with zero attached hydrogens (tertiary/aromatic N) is 2. The largest absolute Gasteiger partial charge is 0.352 e. The Morgan fingerprint density at radius 2 is 1.60 bits per heavy atom. The van der Waals surface area contributed by atoms with Crippen LogP contribution in [0, 0.1) is 0 Å². The molecule has 2 amide bonds. The number of carbonyl (C=O) groups excluding carboxylic acids is 2. The highest BCUT2D eigenvalue weighted by Crippen LogP contribution is 2.27. The summed E-state index contributed by atoms with van der Waals surface area (Å²) in [5.41, 5.74) is 1.24. The minimum atomic E-state index is -4.18. The fourth-order valence-corrected chi connectivity index (χ4v) is 6.57. The van der Waals surface area contributed by atoms with Gasteiger partial charge >= 0.3 is 0 Å². The van der Waals surface area contributed by atoms with Crippen molar-refractivity contribution < 1.29 is 18.0 Å². The summed E-state index contributed by atoms with van der Waals surface area (Å²) in [6, 6.07) is 21.0. The van der Waals surface area contributed by atoms with E-state index in [1.54, 1.807) is 25.1 Å². The number of sulfonamides is 1. The lowest BCUT2D eigenvalue weighted by Gasteiger charge is -2.32. The van der Waals surface area contributed by atoms with E-state index in [0.717, 1.165) is 35.6 Å². The van der Waals surface area contributed by atoms with E-state index in [1.807, 2.05) is 30.3 Å². The van der Waals surface area contributed by atoms with Crippen molar-refractivity contribution in [3.8, 4) is 0 Å². The summed E-state index contributed by atoms with van der Waals surface area (Å²) in [7, 11) is -4.18. The van der Waals surface area contributed by atoms with Crippen molar-refractivity contribution in [2.45, 2.75) is 56.0 Å². The van der Waals surface area contributed by atoms with E-state index < -0.39 is 28.5 Å². The maximum Gasteiger partial charge on any atom is 0.264 e. The third-order valence-corrected chi connectivity index (χ3v) is 9.40. The van der Waals surface area contributed by atoms with E-state index in [0.29, 0.717) is 16.5 Å². The molecule has 7 nitrogen and oxygen atoms in total. The maximum absolute atomic E-state index is 13.9. The SMILES string of the molecule is C[C@H](C(=O)NC1CCCC1)N(CCc1ccccc1)C(=O)CN(c1cccc(Cl)c1)S(=O)(=O)c1ccc(Cl)cc1. The molecular formula is C30H33Cl2N3O4S. The summed E-state index contributed by atoms with van der Waals surface area (Å²) in [5.74, 6) is -0.745. The monoisotopic (exact) mass is 601 g/mol. The lowest BCUT2D eigenvalue weighted by atomic mass is 10.1. The normalized spacial score (nSPS) is 14.5. The molecule has 1 atom stereocenters. The molecule has 0 aromatic heterocycles. The third-order valence-electron chi connectivity index (χ3n) is 7.13. The van der Waals surface area contributed by atoms with Crippen molar-refractivity contribution in [2.24, 2.45) is 0 Å². The van der Waals surface area contributed by atoms with Gasteiger partial charge in [-0.3, -0.25) is 13.9 Å². The van der Waals surface area contributed by atoms with Gasteiger partial charge < -0.3 is 10.2 Å². The number of hydrogen-bond acceptors (Lipinski definition) is 4. The van der Waals surface area contributed by atoms with Gasteiger partial charge in [-0.15, -0.1) is 0 Å². The van der Waals surface area contributed by atoms with Crippen LogP contribution in [0.5, 0.6) is 0 Å². The summed E-state index contributed by atoms with van der Waals surface area (Å²) < 4.78 is 28.7. The average Bonchev–Trinajstić information content (AvgIpc) is 3.45. The molecule has 0 unspecified atom stereocenters. The highest BCUT2D eigenvalue weighted by molar-refractivity contribution is 7.92. The second kappa shape index (κ2) is 13.5. The Morgan fingerprint density at radius 3 is 2.25 bits per heavy atom. The fourth-order valence-electron chi connectivity index (χ4n) is 4.86. The quantitative estimate of drug-likeness (QED) is 0.305. The first-order chi connectivity index (χ1) is 19.1.